The molecule has 0 aliphatic heterocycles. The average Bonchev–Trinajstić information content (AvgIpc) is 2.91. The van der Waals surface area contributed by atoms with E-state index in [1.165, 1.54) is 30.7 Å². The number of carbonyl (C=O) groups is 1. The lowest BCUT2D eigenvalue weighted by molar-refractivity contribution is -0.122. The molecule has 0 saturated heterocycles. The molecule has 3 rings (SSSR count). The second-order valence-electron chi connectivity index (χ2n) is 6.54. The number of aromatic nitrogens is 1. The summed E-state index contributed by atoms with van der Waals surface area (Å²) >= 11 is 1.62. The number of anilines is 1. The second-order valence-corrected chi connectivity index (χ2v) is 7.60. The van der Waals surface area contributed by atoms with Gasteiger partial charge in [-0.3, -0.25) is 4.79 Å². The van der Waals surface area contributed by atoms with Crippen LogP contribution in [0.15, 0.2) is 6.20 Å². The highest BCUT2D eigenvalue weighted by Crippen LogP contribution is 2.40. The minimum absolute atomic E-state index is 0.0185. The van der Waals surface area contributed by atoms with Gasteiger partial charge < -0.3 is 10.6 Å². The Labute approximate surface area is 135 Å². The maximum Gasteiger partial charge on any atom is 0.228 e. The number of thiazole rings is 1. The average molecular weight is 318 g/mol. The number of hydrogen-bond donors (Lipinski definition) is 2. The molecule has 1 amide bonds. The van der Waals surface area contributed by atoms with Gasteiger partial charge in [-0.1, -0.05) is 26.2 Å². The van der Waals surface area contributed by atoms with Crippen molar-refractivity contribution in [3.05, 3.63) is 11.2 Å². The maximum absolute atomic E-state index is 12.2. The predicted molar refractivity (Wildman–Crippen MR) is 86.4 cm³/mol. The highest BCUT2D eigenvalue weighted by Gasteiger charge is 2.34. The SMILES string of the molecule is C[C@H]1CCCC[C@@H]1c1ncc(NC(=O)[C@H]2C[C@H](NC#N)C2)s1. The maximum atomic E-state index is 12.2. The van der Waals surface area contributed by atoms with Crippen LogP contribution in [0, 0.1) is 23.3 Å². The van der Waals surface area contributed by atoms with Crippen molar-refractivity contribution in [2.24, 2.45) is 11.8 Å². The Kier molecular flexibility index (Phi) is 4.63. The van der Waals surface area contributed by atoms with Gasteiger partial charge in [0.15, 0.2) is 6.19 Å². The van der Waals surface area contributed by atoms with Crippen LogP contribution in [0.2, 0.25) is 0 Å². The highest BCUT2D eigenvalue weighted by molar-refractivity contribution is 7.15. The third-order valence-electron chi connectivity index (χ3n) is 4.98. The summed E-state index contributed by atoms with van der Waals surface area (Å²) in [5.41, 5.74) is 0. The molecule has 0 spiro atoms. The second kappa shape index (κ2) is 6.66. The first-order valence-electron chi connectivity index (χ1n) is 8.08. The van der Waals surface area contributed by atoms with Crippen LogP contribution in [0.1, 0.15) is 56.4 Å². The van der Waals surface area contributed by atoms with Crippen LogP contribution in [0.4, 0.5) is 5.00 Å². The van der Waals surface area contributed by atoms with E-state index in [0.29, 0.717) is 11.8 Å². The first kappa shape index (κ1) is 15.3. The molecule has 118 valence electrons. The smallest absolute Gasteiger partial charge is 0.228 e. The Morgan fingerprint density at radius 2 is 2.18 bits per heavy atom. The summed E-state index contributed by atoms with van der Waals surface area (Å²) in [6, 6.07) is 0.167. The molecule has 2 N–H and O–H groups in total. The van der Waals surface area contributed by atoms with Crippen LogP contribution < -0.4 is 10.6 Å². The van der Waals surface area contributed by atoms with Crippen LogP contribution in [0.25, 0.3) is 0 Å². The normalized spacial score (nSPS) is 30.9. The minimum atomic E-state index is 0.0185. The molecule has 0 unspecified atom stereocenters. The van der Waals surface area contributed by atoms with Gasteiger partial charge in [0.1, 0.15) is 5.00 Å². The molecule has 2 aliphatic rings. The molecule has 2 fully saturated rings. The zero-order chi connectivity index (χ0) is 15.5. The first-order chi connectivity index (χ1) is 10.7. The van der Waals surface area contributed by atoms with Crippen molar-refractivity contribution < 1.29 is 4.79 Å². The van der Waals surface area contributed by atoms with Gasteiger partial charge >= 0.3 is 0 Å². The first-order valence-corrected chi connectivity index (χ1v) is 8.90. The van der Waals surface area contributed by atoms with Gasteiger partial charge in [-0.15, -0.1) is 11.3 Å². The van der Waals surface area contributed by atoms with Crippen LogP contribution in [-0.4, -0.2) is 16.9 Å². The molecule has 2 aliphatic carbocycles. The molecular weight excluding hydrogens is 296 g/mol. The van der Waals surface area contributed by atoms with Gasteiger partial charge in [-0.25, -0.2) is 4.98 Å². The molecule has 2 atom stereocenters. The molecule has 6 heteroatoms. The zero-order valence-electron chi connectivity index (χ0n) is 12.8. The molecule has 2 saturated carbocycles. The van der Waals surface area contributed by atoms with Crippen LogP contribution >= 0.6 is 11.3 Å². The summed E-state index contributed by atoms with van der Waals surface area (Å²) in [6.45, 7) is 2.31. The van der Waals surface area contributed by atoms with E-state index >= 15 is 0 Å². The van der Waals surface area contributed by atoms with E-state index in [-0.39, 0.29) is 17.9 Å². The lowest BCUT2D eigenvalue weighted by Crippen LogP contribution is -2.44. The van der Waals surface area contributed by atoms with Crippen LogP contribution in [-0.2, 0) is 4.79 Å². The quantitative estimate of drug-likeness (QED) is 0.660. The number of carbonyl (C=O) groups excluding carboxylic acids is 1. The van der Waals surface area contributed by atoms with E-state index in [1.54, 1.807) is 17.5 Å². The third kappa shape index (κ3) is 3.25. The fourth-order valence-corrected chi connectivity index (χ4v) is 4.55. The van der Waals surface area contributed by atoms with Crippen molar-refractivity contribution in [1.29, 1.82) is 5.26 Å². The van der Waals surface area contributed by atoms with Crippen molar-refractivity contribution >= 4 is 22.2 Å². The number of nitrogens with zero attached hydrogens (tertiary/aromatic N) is 2. The Balaban J connectivity index is 1.54. The van der Waals surface area contributed by atoms with E-state index in [1.807, 2.05) is 6.19 Å². The summed E-state index contributed by atoms with van der Waals surface area (Å²) in [5.74, 6) is 1.32. The van der Waals surface area contributed by atoms with Crippen LogP contribution in [0.5, 0.6) is 0 Å². The molecule has 1 aromatic heterocycles. The van der Waals surface area contributed by atoms with E-state index < -0.39 is 0 Å². The summed E-state index contributed by atoms with van der Waals surface area (Å²) in [7, 11) is 0. The topological polar surface area (TPSA) is 77.8 Å². The number of nitrogens with one attached hydrogen (secondary N) is 2. The molecule has 0 bridgehead atoms. The van der Waals surface area contributed by atoms with Gasteiger partial charge in [0.05, 0.1) is 11.2 Å². The van der Waals surface area contributed by atoms with Crippen molar-refractivity contribution in [2.75, 3.05) is 5.32 Å². The molecule has 0 radical (unpaired) electrons. The summed E-state index contributed by atoms with van der Waals surface area (Å²) in [6.07, 6.45) is 10.3. The number of nitriles is 1. The Hall–Kier alpha value is -1.61. The predicted octanol–water partition coefficient (Wildman–Crippen LogP) is 3.22. The number of amides is 1. The largest absolute Gasteiger partial charge is 0.321 e. The number of rotatable bonds is 4. The summed E-state index contributed by atoms with van der Waals surface area (Å²) in [4.78, 5) is 16.7. The van der Waals surface area contributed by atoms with Gasteiger partial charge in [0, 0.05) is 17.9 Å². The van der Waals surface area contributed by atoms with E-state index in [4.69, 9.17) is 5.26 Å². The molecule has 1 heterocycles. The van der Waals surface area contributed by atoms with Crippen molar-refractivity contribution in [1.82, 2.24) is 10.3 Å². The van der Waals surface area contributed by atoms with Crippen molar-refractivity contribution in [2.45, 2.75) is 57.4 Å². The van der Waals surface area contributed by atoms with E-state index in [9.17, 15) is 4.79 Å². The lowest BCUT2D eigenvalue weighted by Gasteiger charge is -2.32. The monoisotopic (exact) mass is 318 g/mol. The molecule has 22 heavy (non-hydrogen) atoms. The van der Waals surface area contributed by atoms with E-state index in [2.05, 4.69) is 22.5 Å². The standard InChI is InChI=1S/C16H22N4OS/c1-10-4-2-3-5-13(10)16-18-8-14(22-16)20-15(21)11-6-12(7-11)19-9-17/h8,10-13,19H,2-7H2,1H3,(H,20,21)/t10-,11-,12-,13-/m0/s1. The zero-order valence-corrected chi connectivity index (χ0v) is 13.7. The van der Waals surface area contributed by atoms with Gasteiger partial charge in [-0.2, -0.15) is 5.26 Å². The van der Waals surface area contributed by atoms with Crippen molar-refractivity contribution in [3.63, 3.8) is 0 Å². The Morgan fingerprint density at radius 3 is 2.91 bits per heavy atom. The third-order valence-corrected chi connectivity index (χ3v) is 6.02. The molecule has 0 aromatic carbocycles. The van der Waals surface area contributed by atoms with E-state index in [0.717, 1.165) is 17.8 Å². The number of hydrogen-bond acceptors (Lipinski definition) is 5. The highest BCUT2D eigenvalue weighted by atomic mass is 32.1. The lowest BCUT2D eigenvalue weighted by atomic mass is 9.80. The molecule has 1 aromatic rings. The fourth-order valence-electron chi connectivity index (χ4n) is 3.46. The van der Waals surface area contributed by atoms with Gasteiger partial charge in [0.25, 0.3) is 0 Å². The Bertz CT molecular complexity index is 573. The summed E-state index contributed by atoms with van der Waals surface area (Å²) in [5, 5.41) is 16.2. The van der Waals surface area contributed by atoms with Crippen molar-refractivity contribution in [3.8, 4) is 6.19 Å². The molecular formula is C16H22N4OS. The molecule has 5 nitrogen and oxygen atoms in total. The minimum Gasteiger partial charge on any atom is -0.321 e. The fraction of sp³-hybridized carbons (Fsp3) is 0.688. The van der Waals surface area contributed by atoms with Gasteiger partial charge in [0.2, 0.25) is 5.91 Å². The Morgan fingerprint density at radius 1 is 1.41 bits per heavy atom. The van der Waals surface area contributed by atoms with Gasteiger partial charge in [-0.05, 0) is 25.2 Å². The summed E-state index contributed by atoms with van der Waals surface area (Å²) < 4.78 is 0. The van der Waals surface area contributed by atoms with Crippen LogP contribution in [0.3, 0.4) is 0 Å².